The topological polar surface area (TPSA) is 57.5 Å². The lowest BCUT2D eigenvalue weighted by atomic mass is 10.0. The van der Waals surface area contributed by atoms with Crippen LogP contribution in [0.15, 0.2) is 47.7 Å². The van der Waals surface area contributed by atoms with Gasteiger partial charge in [-0.2, -0.15) is 0 Å². The molecule has 1 aromatic heterocycles. The van der Waals surface area contributed by atoms with Crippen molar-refractivity contribution in [3.05, 3.63) is 54.1 Å². The average molecular weight is 537 g/mol. The van der Waals surface area contributed by atoms with Gasteiger partial charge in [0, 0.05) is 50.7 Å². The van der Waals surface area contributed by atoms with Gasteiger partial charge in [-0.05, 0) is 38.2 Å². The molecule has 170 valence electrons. The molecule has 2 fully saturated rings. The first-order chi connectivity index (χ1) is 14.8. The lowest BCUT2D eigenvalue weighted by Crippen LogP contribution is -2.50. The monoisotopic (exact) mass is 536 g/mol. The van der Waals surface area contributed by atoms with E-state index in [1.165, 1.54) is 57.2 Å². The number of nitrogens with one attached hydrogen (secondary N) is 2. The number of likely N-dealkylation sites (tertiary alicyclic amines) is 1. The Labute approximate surface area is 203 Å². The summed E-state index contributed by atoms with van der Waals surface area (Å²) in [5.74, 6) is 1.90. The van der Waals surface area contributed by atoms with Crippen LogP contribution in [-0.2, 0) is 13.1 Å². The van der Waals surface area contributed by atoms with Crippen LogP contribution in [0.5, 0.6) is 0 Å². The van der Waals surface area contributed by atoms with E-state index >= 15 is 0 Å². The molecule has 2 N–H and O–H groups in total. The molecule has 1 aliphatic carbocycles. The zero-order chi connectivity index (χ0) is 20.6. The van der Waals surface area contributed by atoms with Crippen molar-refractivity contribution in [3.63, 3.8) is 0 Å². The molecular weight excluding hydrogens is 499 g/mol. The van der Waals surface area contributed by atoms with Crippen molar-refractivity contribution in [3.8, 4) is 0 Å². The molecule has 2 heterocycles. The van der Waals surface area contributed by atoms with E-state index in [1.807, 2.05) is 12.4 Å². The van der Waals surface area contributed by atoms with Crippen LogP contribution in [0.2, 0.25) is 0 Å². The lowest BCUT2D eigenvalue weighted by molar-refractivity contribution is 0.150. The first kappa shape index (κ1) is 24.0. The maximum Gasteiger partial charge on any atom is 0.191 e. The number of guanidine groups is 1. The van der Waals surface area contributed by atoms with E-state index < -0.39 is 0 Å². The smallest absolute Gasteiger partial charge is 0.191 e. The van der Waals surface area contributed by atoms with Crippen molar-refractivity contribution in [2.45, 2.75) is 70.6 Å². The van der Waals surface area contributed by atoms with Crippen molar-refractivity contribution < 1.29 is 0 Å². The molecule has 1 aliphatic heterocycles. The number of hydrogen-bond acceptors (Lipinski definition) is 3. The molecule has 0 spiro atoms. The molecule has 0 bridgehead atoms. The number of rotatable bonds is 7. The molecule has 1 saturated carbocycles. The number of benzene rings is 1. The molecule has 4 rings (SSSR count). The first-order valence-electron chi connectivity index (χ1n) is 11.6. The number of aromatic nitrogens is 2. The molecule has 1 saturated heterocycles. The summed E-state index contributed by atoms with van der Waals surface area (Å²) in [6, 6.07) is 11.9. The number of imidazole rings is 1. The van der Waals surface area contributed by atoms with E-state index in [0.29, 0.717) is 12.6 Å². The predicted octanol–water partition coefficient (Wildman–Crippen LogP) is 4.01. The third-order valence-electron chi connectivity index (χ3n) is 6.43. The number of halogens is 1. The molecule has 31 heavy (non-hydrogen) atoms. The quantitative estimate of drug-likeness (QED) is 0.319. The van der Waals surface area contributed by atoms with E-state index in [-0.39, 0.29) is 24.0 Å². The zero-order valence-corrected chi connectivity index (χ0v) is 21.0. The van der Waals surface area contributed by atoms with E-state index in [4.69, 9.17) is 4.99 Å². The summed E-state index contributed by atoms with van der Waals surface area (Å²) in [5.41, 5.74) is 1.28. The van der Waals surface area contributed by atoms with Crippen LogP contribution < -0.4 is 10.6 Å². The second kappa shape index (κ2) is 12.4. The van der Waals surface area contributed by atoms with Gasteiger partial charge in [-0.1, -0.05) is 43.2 Å². The fourth-order valence-electron chi connectivity index (χ4n) is 4.76. The van der Waals surface area contributed by atoms with Crippen LogP contribution in [0.4, 0.5) is 0 Å². The second-order valence-corrected chi connectivity index (χ2v) is 8.54. The van der Waals surface area contributed by atoms with E-state index in [2.05, 4.69) is 62.3 Å². The SMILES string of the molecule is CCNC(=NCc1nccn1Cc1ccccc1)NC1CCN(C2CCCC2)CC1.I. The number of piperidine rings is 1. The Hall–Kier alpha value is -1.61. The molecule has 1 aromatic carbocycles. The molecule has 6 nitrogen and oxygen atoms in total. The molecule has 0 radical (unpaired) electrons. The minimum absolute atomic E-state index is 0. The predicted molar refractivity (Wildman–Crippen MR) is 138 cm³/mol. The van der Waals surface area contributed by atoms with Gasteiger partial charge < -0.3 is 20.1 Å². The zero-order valence-electron chi connectivity index (χ0n) is 18.7. The fourth-order valence-corrected chi connectivity index (χ4v) is 4.76. The minimum atomic E-state index is 0. The summed E-state index contributed by atoms with van der Waals surface area (Å²) in [5, 5.41) is 7.09. The maximum atomic E-state index is 4.85. The highest BCUT2D eigenvalue weighted by molar-refractivity contribution is 14.0. The Morgan fingerprint density at radius 2 is 1.84 bits per heavy atom. The van der Waals surface area contributed by atoms with Gasteiger partial charge in [0.1, 0.15) is 12.4 Å². The third kappa shape index (κ3) is 6.94. The molecule has 2 aromatic rings. The van der Waals surface area contributed by atoms with Crippen molar-refractivity contribution in [1.82, 2.24) is 25.1 Å². The summed E-state index contributed by atoms with van der Waals surface area (Å²) >= 11 is 0. The maximum absolute atomic E-state index is 4.85. The van der Waals surface area contributed by atoms with Gasteiger partial charge in [-0.3, -0.25) is 0 Å². The minimum Gasteiger partial charge on any atom is -0.357 e. The van der Waals surface area contributed by atoms with Crippen LogP contribution in [0, 0.1) is 0 Å². The van der Waals surface area contributed by atoms with Crippen LogP contribution in [0.1, 0.15) is 56.8 Å². The van der Waals surface area contributed by atoms with Crippen molar-refractivity contribution in [1.29, 1.82) is 0 Å². The largest absolute Gasteiger partial charge is 0.357 e. The van der Waals surface area contributed by atoms with Gasteiger partial charge in [0.15, 0.2) is 5.96 Å². The van der Waals surface area contributed by atoms with Crippen LogP contribution in [0.3, 0.4) is 0 Å². The highest BCUT2D eigenvalue weighted by atomic mass is 127. The molecular formula is C24H37IN6. The lowest BCUT2D eigenvalue weighted by Gasteiger charge is -2.36. The van der Waals surface area contributed by atoms with Crippen molar-refractivity contribution in [2.75, 3.05) is 19.6 Å². The van der Waals surface area contributed by atoms with Crippen molar-refractivity contribution in [2.24, 2.45) is 4.99 Å². The average Bonchev–Trinajstić information content (AvgIpc) is 3.46. The number of hydrogen-bond donors (Lipinski definition) is 2. The molecule has 0 unspecified atom stereocenters. The highest BCUT2D eigenvalue weighted by Crippen LogP contribution is 2.26. The van der Waals surface area contributed by atoms with Crippen LogP contribution >= 0.6 is 24.0 Å². The van der Waals surface area contributed by atoms with Gasteiger partial charge in [-0.15, -0.1) is 24.0 Å². The highest BCUT2D eigenvalue weighted by Gasteiger charge is 2.27. The number of nitrogens with zero attached hydrogens (tertiary/aromatic N) is 4. The van der Waals surface area contributed by atoms with E-state index in [0.717, 1.165) is 30.9 Å². The Balaban J connectivity index is 0.00000272. The Morgan fingerprint density at radius 3 is 2.55 bits per heavy atom. The van der Waals surface area contributed by atoms with Crippen LogP contribution in [-0.4, -0.2) is 52.1 Å². The second-order valence-electron chi connectivity index (χ2n) is 8.54. The molecule has 0 amide bonds. The first-order valence-corrected chi connectivity index (χ1v) is 11.6. The molecule has 7 heteroatoms. The summed E-state index contributed by atoms with van der Waals surface area (Å²) in [6.07, 6.45) is 11.9. The number of aliphatic imine (C=N–C) groups is 1. The third-order valence-corrected chi connectivity index (χ3v) is 6.43. The fraction of sp³-hybridized carbons (Fsp3) is 0.583. The Kier molecular flexibility index (Phi) is 9.64. The normalized spacial score (nSPS) is 18.7. The Bertz CT molecular complexity index is 791. The van der Waals surface area contributed by atoms with Gasteiger partial charge in [0.25, 0.3) is 0 Å². The van der Waals surface area contributed by atoms with Crippen molar-refractivity contribution >= 4 is 29.9 Å². The van der Waals surface area contributed by atoms with Gasteiger partial charge >= 0.3 is 0 Å². The summed E-state index contributed by atoms with van der Waals surface area (Å²) in [7, 11) is 0. The Morgan fingerprint density at radius 1 is 1.10 bits per heavy atom. The summed E-state index contributed by atoms with van der Waals surface area (Å²) in [6.45, 7) is 6.82. The summed E-state index contributed by atoms with van der Waals surface area (Å²) < 4.78 is 2.18. The summed E-state index contributed by atoms with van der Waals surface area (Å²) in [4.78, 5) is 12.1. The molecule has 0 atom stereocenters. The van der Waals surface area contributed by atoms with Gasteiger partial charge in [-0.25, -0.2) is 9.98 Å². The van der Waals surface area contributed by atoms with E-state index in [9.17, 15) is 0 Å². The van der Waals surface area contributed by atoms with Gasteiger partial charge in [0.2, 0.25) is 0 Å². The van der Waals surface area contributed by atoms with E-state index in [1.54, 1.807) is 0 Å². The molecule has 2 aliphatic rings. The standard InChI is InChI=1S/C24H36N6.HI/c1-2-25-24(28-21-12-15-29(16-13-21)22-10-6-7-11-22)27-18-23-26-14-17-30(23)19-20-8-4-3-5-9-20;/h3-5,8-9,14,17,21-22H,2,6-7,10-13,15-16,18-19H2,1H3,(H2,25,27,28);1H. The van der Waals surface area contributed by atoms with Gasteiger partial charge in [0.05, 0.1) is 0 Å². The van der Waals surface area contributed by atoms with Crippen LogP contribution in [0.25, 0.3) is 0 Å².